The summed E-state index contributed by atoms with van der Waals surface area (Å²) >= 11 is 0. The Kier molecular flexibility index (Phi) is 5.02. The second-order valence-corrected chi connectivity index (χ2v) is 8.63. The summed E-state index contributed by atoms with van der Waals surface area (Å²) in [6, 6.07) is 0.306. The highest BCUT2D eigenvalue weighted by molar-refractivity contribution is 5.84. The Morgan fingerprint density at radius 3 is 2.24 bits per heavy atom. The summed E-state index contributed by atoms with van der Waals surface area (Å²) in [5.74, 6) is 1.54. The number of nitrogens with zero attached hydrogens (tertiary/aromatic N) is 1. The Morgan fingerprint density at radius 1 is 1.19 bits per heavy atom. The average molecular weight is 294 g/mol. The number of hydrogen-bond donors (Lipinski definition) is 1. The van der Waals surface area contributed by atoms with Crippen molar-refractivity contribution in [1.29, 1.82) is 0 Å². The number of nitrogens with one attached hydrogen (secondary N) is 1. The van der Waals surface area contributed by atoms with Gasteiger partial charge in [0.2, 0.25) is 5.91 Å². The summed E-state index contributed by atoms with van der Waals surface area (Å²) in [5.41, 5.74) is 0.126. The van der Waals surface area contributed by atoms with E-state index in [-0.39, 0.29) is 23.7 Å². The molecular weight excluding hydrogens is 260 g/mol. The molecule has 122 valence electrons. The third-order valence-corrected chi connectivity index (χ3v) is 5.45. The first-order chi connectivity index (χ1) is 9.71. The molecule has 0 aromatic carbocycles. The van der Waals surface area contributed by atoms with Crippen LogP contribution in [0.5, 0.6) is 0 Å². The van der Waals surface area contributed by atoms with Crippen LogP contribution in [-0.2, 0) is 4.79 Å². The van der Waals surface area contributed by atoms with Crippen molar-refractivity contribution >= 4 is 5.91 Å². The van der Waals surface area contributed by atoms with Gasteiger partial charge in [0.05, 0.1) is 12.2 Å². The molecule has 1 aliphatic heterocycles. The van der Waals surface area contributed by atoms with Gasteiger partial charge in [-0.25, -0.2) is 0 Å². The third kappa shape index (κ3) is 3.61. The number of rotatable bonds is 4. The van der Waals surface area contributed by atoms with E-state index in [0.717, 1.165) is 6.42 Å². The first-order valence-corrected chi connectivity index (χ1v) is 8.80. The van der Waals surface area contributed by atoms with Gasteiger partial charge >= 0.3 is 0 Å². The minimum absolute atomic E-state index is 0.0281. The maximum Gasteiger partial charge on any atom is 0.241 e. The Hall–Kier alpha value is -0.570. The summed E-state index contributed by atoms with van der Waals surface area (Å²) in [6.07, 6.45) is 6.40. The molecule has 21 heavy (non-hydrogen) atoms. The monoisotopic (exact) mass is 294 g/mol. The molecule has 1 saturated carbocycles. The van der Waals surface area contributed by atoms with Crippen LogP contribution in [-0.4, -0.2) is 29.1 Å². The van der Waals surface area contributed by atoms with E-state index < -0.39 is 0 Å². The summed E-state index contributed by atoms with van der Waals surface area (Å²) in [6.45, 7) is 13.4. The van der Waals surface area contributed by atoms with E-state index in [1.165, 1.54) is 25.7 Å². The maximum atomic E-state index is 13.0. The summed E-state index contributed by atoms with van der Waals surface area (Å²) in [7, 11) is 0. The minimum atomic E-state index is 0.0281. The predicted octanol–water partition coefficient (Wildman–Crippen LogP) is 3.78. The Bertz CT molecular complexity index is 366. The van der Waals surface area contributed by atoms with Gasteiger partial charge in [0.15, 0.2) is 0 Å². The van der Waals surface area contributed by atoms with E-state index >= 15 is 0 Å². The maximum absolute atomic E-state index is 13.0. The van der Waals surface area contributed by atoms with Crippen molar-refractivity contribution in [2.45, 2.75) is 91.9 Å². The standard InChI is InChI=1S/C18H34N2O/c1-12(2)11-15-17(21)20(13(3)18(4,5)6)16(19-15)14-9-7-8-10-14/h12-16,19H,7-11H2,1-6H3. The summed E-state index contributed by atoms with van der Waals surface area (Å²) < 4.78 is 0. The van der Waals surface area contributed by atoms with Crippen LogP contribution in [0.15, 0.2) is 0 Å². The zero-order valence-corrected chi connectivity index (χ0v) is 14.8. The van der Waals surface area contributed by atoms with Gasteiger partial charge in [0, 0.05) is 6.04 Å². The largest absolute Gasteiger partial charge is 0.322 e. The van der Waals surface area contributed by atoms with E-state index in [1.54, 1.807) is 0 Å². The predicted molar refractivity (Wildman–Crippen MR) is 87.9 cm³/mol. The fourth-order valence-corrected chi connectivity index (χ4v) is 3.80. The topological polar surface area (TPSA) is 32.3 Å². The number of carbonyl (C=O) groups excluding carboxylic acids is 1. The van der Waals surface area contributed by atoms with Crippen LogP contribution in [0, 0.1) is 17.3 Å². The van der Waals surface area contributed by atoms with Crippen molar-refractivity contribution < 1.29 is 4.79 Å². The van der Waals surface area contributed by atoms with Crippen LogP contribution in [0.4, 0.5) is 0 Å². The van der Waals surface area contributed by atoms with Gasteiger partial charge in [-0.2, -0.15) is 0 Å². The van der Waals surface area contributed by atoms with Gasteiger partial charge < -0.3 is 4.90 Å². The summed E-state index contributed by atoms with van der Waals surface area (Å²) in [5, 5.41) is 3.69. The molecule has 2 aliphatic rings. The molecule has 1 aliphatic carbocycles. The fourth-order valence-electron chi connectivity index (χ4n) is 3.80. The number of amides is 1. The van der Waals surface area contributed by atoms with Gasteiger partial charge in [0.25, 0.3) is 0 Å². The second-order valence-electron chi connectivity index (χ2n) is 8.63. The lowest BCUT2D eigenvalue weighted by Crippen LogP contribution is -2.51. The van der Waals surface area contributed by atoms with E-state index in [0.29, 0.717) is 17.7 Å². The molecule has 2 fully saturated rings. The smallest absolute Gasteiger partial charge is 0.241 e. The van der Waals surface area contributed by atoms with Gasteiger partial charge in [0.1, 0.15) is 0 Å². The molecular formula is C18H34N2O. The molecule has 1 amide bonds. The van der Waals surface area contributed by atoms with Crippen molar-refractivity contribution in [2.75, 3.05) is 0 Å². The molecule has 1 N–H and O–H groups in total. The normalized spacial score (nSPS) is 29.7. The quantitative estimate of drug-likeness (QED) is 0.855. The molecule has 0 aromatic rings. The van der Waals surface area contributed by atoms with Crippen molar-refractivity contribution in [1.82, 2.24) is 10.2 Å². The highest BCUT2D eigenvalue weighted by atomic mass is 16.2. The molecule has 3 unspecified atom stereocenters. The lowest BCUT2D eigenvalue weighted by atomic mass is 9.86. The van der Waals surface area contributed by atoms with Crippen LogP contribution in [0.1, 0.15) is 73.6 Å². The molecule has 0 spiro atoms. The van der Waals surface area contributed by atoms with E-state index in [9.17, 15) is 4.79 Å². The highest BCUT2D eigenvalue weighted by Gasteiger charge is 2.47. The Labute approximate surface area is 130 Å². The Balaban J connectivity index is 2.20. The van der Waals surface area contributed by atoms with Crippen molar-refractivity contribution in [3.05, 3.63) is 0 Å². The molecule has 3 atom stereocenters. The zero-order chi connectivity index (χ0) is 15.8. The lowest BCUT2D eigenvalue weighted by molar-refractivity contribution is -0.135. The zero-order valence-electron chi connectivity index (χ0n) is 14.8. The number of hydrogen-bond acceptors (Lipinski definition) is 2. The van der Waals surface area contributed by atoms with Crippen LogP contribution < -0.4 is 5.32 Å². The average Bonchev–Trinajstić information content (AvgIpc) is 2.96. The Morgan fingerprint density at radius 2 is 1.76 bits per heavy atom. The van der Waals surface area contributed by atoms with E-state index in [2.05, 4.69) is 51.8 Å². The molecule has 2 rings (SSSR count). The summed E-state index contributed by atoms with van der Waals surface area (Å²) in [4.78, 5) is 15.2. The SMILES string of the molecule is CC(C)CC1NC(C2CCCC2)N(C(C)C(C)(C)C)C1=O. The van der Waals surface area contributed by atoms with Crippen molar-refractivity contribution in [3.63, 3.8) is 0 Å². The van der Waals surface area contributed by atoms with Crippen LogP contribution in [0.25, 0.3) is 0 Å². The van der Waals surface area contributed by atoms with Crippen LogP contribution in [0.3, 0.4) is 0 Å². The molecule has 1 saturated heterocycles. The number of carbonyl (C=O) groups is 1. The molecule has 0 aromatic heterocycles. The highest BCUT2D eigenvalue weighted by Crippen LogP contribution is 2.37. The first kappa shape index (κ1) is 16.8. The van der Waals surface area contributed by atoms with Gasteiger partial charge in [-0.1, -0.05) is 47.5 Å². The fraction of sp³-hybridized carbons (Fsp3) is 0.944. The molecule has 0 bridgehead atoms. The molecule has 1 heterocycles. The van der Waals surface area contributed by atoms with Crippen molar-refractivity contribution in [3.8, 4) is 0 Å². The van der Waals surface area contributed by atoms with Crippen LogP contribution in [0.2, 0.25) is 0 Å². The van der Waals surface area contributed by atoms with Gasteiger partial charge in [-0.15, -0.1) is 0 Å². The van der Waals surface area contributed by atoms with Gasteiger partial charge in [-0.3, -0.25) is 10.1 Å². The third-order valence-electron chi connectivity index (χ3n) is 5.45. The molecule has 3 heteroatoms. The minimum Gasteiger partial charge on any atom is -0.322 e. The van der Waals surface area contributed by atoms with E-state index in [4.69, 9.17) is 0 Å². The first-order valence-electron chi connectivity index (χ1n) is 8.80. The lowest BCUT2D eigenvalue weighted by Gasteiger charge is -2.40. The van der Waals surface area contributed by atoms with Gasteiger partial charge in [-0.05, 0) is 43.4 Å². The van der Waals surface area contributed by atoms with E-state index in [1.807, 2.05) is 0 Å². The molecule has 0 radical (unpaired) electrons. The van der Waals surface area contributed by atoms with Crippen LogP contribution >= 0.6 is 0 Å². The molecule has 3 nitrogen and oxygen atoms in total. The second kappa shape index (κ2) is 6.28. The van der Waals surface area contributed by atoms with Crippen molar-refractivity contribution in [2.24, 2.45) is 17.3 Å².